The largest absolute Gasteiger partial charge is 0.508 e. The van der Waals surface area contributed by atoms with E-state index in [4.69, 9.17) is 0 Å². The van der Waals surface area contributed by atoms with E-state index in [1.165, 1.54) is 12.1 Å². The number of carbonyl (C=O) groups excluding carboxylic acids is 2. The van der Waals surface area contributed by atoms with E-state index in [0.29, 0.717) is 28.7 Å². The molecule has 0 fully saturated rings. The first-order valence-electron chi connectivity index (χ1n) is 10.1. The number of hydrogen-bond donors (Lipinski definition) is 4. The summed E-state index contributed by atoms with van der Waals surface area (Å²) in [5.74, 6) is -0.293. The highest BCUT2D eigenvalue weighted by Crippen LogP contribution is 2.18. The first-order chi connectivity index (χ1) is 14.8. The van der Waals surface area contributed by atoms with E-state index in [1.807, 2.05) is 30.3 Å². The van der Waals surface area contributed by atoms with Crippen molar-refractivity contribution >= 4 is 11.8 Å². The minimum Gasteiger partial charge on any atom is -0.508 e. The van der Waals surface area contributed by atoms with Crippen LogP contribution in [0.15, 0.2) is 66.7 Å². The Labute approximate surface area is 181 Å². The van der Waals surface area contributed by atoms with E-state index in [0.717, 1.165) is 5.56 Å². The molecule has 0 saturated carbocycles. The standard InChI is InChI=1S/C25H26N2O4/c1-16-12-19(8-10-22(16)28)24(30)26-15-21(14-18-6-4-3-5-7-18)27-25(31)20-9-11-23(29)17(2)13-20/h3-13,21,28-29H,14-15H2,1-2H3,(H,26,30)(H,27,31). The molecule has 4 N–H and O–H groups in total. The summed E-state index contributed by atoms with van der Waals surface area (Å²) in [7, 11) is 0. The third-order valence-electron chi connectivity index (χ3n) is 5.09. The van der Waals surface area contributed by atoms with Crippen molar-refractivity contribution < 1.29 is 19.8 Å². The number of rotatable bonds is 7. The van der Waals surface area contributed by atoms with Crippen LogP contribution in [0, 0.1) is 13.8 Å². The number of aryl methyl sites for hydroxylation is 2. The minimum atomic E-state index is -0.342. The van der Waals surface area contributed by atoms with Gasteiger partial charge in [-0.2, -0.15) is 0 Å². The van der Waals surface area contributed by atoms with Gasteiger partial charge in [-0.05, 0) is 73.4 Å². The van der Waals surface area contributed by atoms with Crippen molar-refractivity contribution in [2.45, 2.75) is 26.3 Å². The van der Waals surface area contributed by atoms with Crippen LogP contribution in [-0.2, 0) is 6.42 Å². The summed E-state index contributed by atoms with van der Waals surface area (Å²) in [5, 5.41) is 25.2. The third-order valence-corrected chi connectivity index (χ3v) is 5.09. The van der Waals surface area contributed by atoms with Gasteiger partial charge in [-0.3, -0.25) is 9.59 Å². The summed E-state index contributed by atoms with van der Waals surface area (Å²) in [4.78, 5) is 25.3. The zero-order chi connectivity index (χ0) is 22.4. The lowest BCUT2D eigenvalue weighted by Gasteiger charge is -2.20. The van der Waals surface area contributed by atoms with E-state index >= 15 is 0 Å². The molecule has 6 nitrogen and oxygen atoms in total. The molecule has 6 heteroatoms. The second-order valence-electron chi connectivity index (χ2n) is 7.57. The van der Waals surface area contributed by atoms with Gasteiger partial charge < -0.3 is 20.8 Å². The summed E-state index contributed by atoms with van der Waals surface area (Å²) >= 11 is 0. The quantitative estimate of drug-likeness (QED) is 0.472. The minimum absolute atomic E-state index is 0.133. The predicted molar refractivity (Wildman–Crippen MR) is 119 cm³/mol. The van der Waals surface area contributed by atoms with E-state index in [-0.39, 0.29) is 35.9 Å². The lowest BCUT2D eigenvalue weighted by Crippen LogP contribution is -2.45. The van der Waals surface area contributed by atoms with Crippen molar-refractivity contribution in [3.05, 3.63) is 94.5 Å². The molecule has 1 atom stereocenters. The van der Waals surface area contributed by atoms with Gasteiger partial charge in [0, 0.05) is 17.7 Å². The van der Waals surface area contributed by atoms with Crippen molar-refractivity contribution in [1.29, 1.82) is 0 Å². The second-order valence-corrected chi connectivity index (χ2v) is 7.57. The van der Waals surface area contributed by atoms with Crippen LogP contribution in [0.4, 0.5) is 0 Å². The van der Waals surface area contributed by atoms with Crippen LogP contribution in [-0.4, -0.2) is 34.6 Å². The van der Waals surface area contributed by atoms with Gasteiger partial charge in [-0.1, -0.05) is 30.3 Å². The summed E-state index contributed by atoms with van der Waals surface area (Å²) in [6, 6.07) is 18.7. The molecular weight excluding hydrogens is 392 g/mol. The van der Waals surface area contributed by atoms with Gasteiger partial charge in [-0.15, -0.1) is 0 Å². The number of hydrogen-bond acceptors (Lipinski definition) is 4. The molecule has 0 bridgehead atoms. The van der Waals surface area contributed by atoms with Crippen LogP contribution in [0.2, 0.25) is 0 Å². The molecule has 2 amide bonds. The highest BCUT2D eigenvalue weighted by Gasteiger charge is 2.17. The Bertz CT molecular complexity index is 1080. The fourth-order valence-electron chi connectivity index (χ4n) is 3.25. The second kappa shape index (κ2) is 9.80. The molecular formula is C25H26N2O4. The molecule has 0 aliphatic heterocycles. The summed E-state index contributed by atoms with van der Waals surface area (Å²) in [5.41, 5.74) is 3.14. The number of nitrogens with one attached hydrogen (secondary N) is 2. The fourth-order valence-corrected chi connectivity index (χ4v) is 3.25. The topological polar surface area (TPSA) is 98.7 Å². The maximum atomic E-state index is 12.8. The maximum Gasteiger partial charge on any atom is 0.251 e. The van der Waals surface area contributed by atoms with E-state index < -0.39 is 0 Å². The molecule has 3 aromatic rings. The molecule has 0 heterocycles. The Morgan fingerprint density at radius 2 is 1.35 bits per heavy atom. The molecule has 0 aliphatic carbocycles. The molecule has 0 aromatic heterocycles. The molecule has 0 spiro atoms. The zero-order valence-electron chi connectivity index (χ0n) is 17.6. The number of benzene rings is 3. The molecule has 0 aliphatic rings. The monoisotopic (exact) mass is 418 g/mol. The maximum absolute atomic E-state index is 12.8. The van der Waals surface area contributed by atoms with E-state index in [9.17, 15) is 19.8 Å². The smallest absolute Gasteiger partial charge is 0.251 e. The first kappa shape index (κ1) is 21.9. The van der Waals surface area contributed by atoms with Gasteiger partial charge in [0.25, 0.3) is 11.8 Å². The van der Waals surface area contributed by atoms with Crippen LogP contribution >= 0.6 is 0 Å². The van der Waals surface area contributed by atoms with Gasteiger partial charge in [0.05, 0.1) is 6.04 Å². The van der Waals surface area contributed by atoms with Gasteiger partial charge in [0.15, 0.2) is 0 Å². The third kappa shape index (κ3) is 5.85. The van der Waals surface area contributed by atoms with Crippen LogP contribution in [0.1, 0.15) is 37.4 Å². The lowest BCUT2D eigenvalue weighted by atomic mass is 10.0. The van der Waals surface area contributed by atoms with Gasteiger partial charge in [-0.25, -0.2) is 0 Å². The number of amides is 2. The van der Waals surface area contributed by atoms with Crippen molar-refractivity contribution in [1.82, 2.24) is 10.6 Å². The Morgan fingerprint density at radius 1 is 0.806 bits per heavy atom. The molecule has 3 aromatic carbocycles. The molecule has 160 valence electrons. The summed E-state index contributed by atoms with van der Waals surface area (Å²) < 4.78 is 0. The number of phenols is 2. The van der Waals surface area contributed by atoms with E-state index in [2.05, 4.69) is 10.6 Å². The lowest BCUT2D eigenvalue weighted by molar-refractivity contribution is 0.0908. The molecule has 3 rings (SSSR count). The van der Waals surface area contributed by atoms with E-state index in [1.54, 1.807) is 38.1 Å². The summed E-state index contributed by atoms with van der Waals surface area (Å²) in [6.07, 6.45) is 0.540. The Morgan fingerprint density at radius 3 is 1.90 bits per heavy atom. The van der Waals surface area contributed by atoms with Crippen molar-refractivity contribution in [2.24, 2.45) is 0 Å². The number of aromatic hydroxyl groups is 2. The normalized spacial score (nSPS) is 11.5. The Kier molecular flexibility index (Phi) is 6.92. The van der Waals surface area contributed by atoms with Gasteiger partial charge >= 0.3 is 0 Å². The number of carbonyl (C=O) groups is 2. The molecule has 0 radical (unpaired) electrons. The Hall–Kier alpha value is -3.80. The van der Waals surface area contributed by atoms with Gasteiger partial charge in [0.2, 0.25) is 0 Å². The zero-order valence-corrected chi connectivity index (χ0v) is 17.6. The highest BCUT2D eigenvalue weighted by molar-refractivity contribution is 5.95. The van der Waals surface area contributed by atoms with Crippen LogP contribution in [0.5, 0.6) is 11.5 Å². The molecule has 0 saturated heterocycles. The average Bonchev–Trinajstić information content (AvgIpc) is 2.76. The number of phenolic OH excluding ortho intramolecular Hbond substituents is 2. The van der Waals surface area contributed by atoms with Crippen molar-refractivity contribution in [2.75, 3.05) is 6.54 Å². The van der Waals surface area contributed by atoms with Crippen LogP contribution in [0.3, 0.4) is 0 Å². The van der Waals surface area contributed by atoms with Crippen LogP contribution < -0.4 is 10.6 Å². The van der Waals surface area contributed by atoms with Gasteiger partial charge in [0.1, 0.15) is 11.5 Å². The van der Waals surface area contributed by atoms with Crippen LogP contribution in [0.25, 0.3) is 0 Å². The first-order valence-corrected chi connectivity index (χ1v) is 10.1. The SMILES string of the molecule is Cc1cc(C(=O)NCC(Cc2ccccc2)NC(=O)c2ccc(O)c(C)c2)ccc1O. The molecule has 1 unspecified atom stereocenters. The molecule has 31 heavy (non-hydrogen) atoms. The Balaban J connectivity index is 1.72. The fraction of sp³-hybridized carbons (Fsp3) is 0.200. The van der Waals surface area contributed by atoms with Crippen molar-refractivity contribution in [3.63, 3.8) is 0 Å². The average molecular weight is 418 g/mol. The van der Waals surface area contributed by atoms with Crippen molar-refractivity contribution in [3.8, 4) is 11.5 Å². The predicted octanol–water partition coefficient (Wildman–Crippen LogP) is 3.49. The summed E-state index contributed by atoms with van der Waals surface area (Å²) in [6.45, 7) is 3.69. The highest BCUT2D eigenvalue weighted by atomic mass is 16.3.